The molecule has 1 heterocycles. The van der Waals surface area contributed by atoms with E-state index in [0.29, 0.717) is 29.5 Å². The molecule has 2 aromatic rings. The molecule has 1 aromatic heterocycles. The van der Waals surface area contributed by atoms with Crippen LogP contribution in [0.15, 0.2) is 41.2 Å². The van der Waals surface area contributed by atoms with E-state index in [1.165, 1.54) is 12.1 Å². The van der Waals surface area contributed by atoms with Crippen molar-refractivity contribution in [2.24, 2.45) is 0 Å². The maximum absolute atomic E-state index is 12.7. The molecule has 0 saturated heterocycles. The lowest BCUT2D eigenvalue weighted by molar-refractivity contribution is 0.0737. The number of halogens is 1. The minimum Gasteiger partial charge on any atom is -0.354 e. The number of pyridine rings is 1. The standard InChI is InChI=1S/C17H19ClN2O2/c1-3-7-20(11-13-5-4-6-14(18)9-13)17(22)16-10-15(21)8-12(2)19-16/h4-6,8-10H,3,7,11H2,1-2H3,(H,19,21). The molecule has 1 aromatic carbocycles. The number of hydrogen-bond acceptors (Lipinski definition) is 2. The van der Waals surface area contributed by atoms with Gasteiger partial charge in [-0.25, -0.2) is 0 Å². The highest BCUT2D eigenvalue weighted by atomic mass is 35.5. The summed E-state index contributed by atoms with van der Waals surface area (Å²) in [5.74, 6) is -0.178. The van der Waals surface area contributed by atoms with Gasteiger partial charge in [0.25, 0.3) is 5.91 Å². The lowest BCUT2D eigenvalue weighted by Gasteiger charge is -2.22. The van der Waals surface area contributed by atoms with Gasteiger partial charge in [-0.05, 0) is 31.0 Å². The molecule has 0 bridgehead atoms. The summed E-state index contributed by atoms with van der Waals surface area (Å²) < 4.78 is 0. The number of carbonyl (C=O) groups is 1. The number of nitrogens with one attached hydrogen (secondary N) is 1. The Bertz CT molecular complexity index is 725. The summed E-state index contributed by atoms with van der Waals surface area (Å²) in [6.07, 6.45) is 0.836. The van der Waals surface area contributed by atoms with Gasteiger partial charge in [-0.15, -0.1) is 0 Å². The van der Waals surface area contributed by atoms with Crippen LogP contribution in [0.2, 0.25) is 5.02 Å². The van der Waals surface area contributed by atoms with Gasteiger partial charge in [-0.3, -0.25) is 9.59 Å². The average Bonchev–Trinajstić information content (AvgIpc) is 2.45. The Balaban J connectivity index is 2.26. The summed E-state index contributed by atoms with van der Waals surface area (Å²) in [5.41, 5.74) is 1.79. The summed E-state index contributed by atoms with van der Waals surface area (Å²) in [6, 6.07) is 10.3. The van der Waals surface area contributed by atoms with Crippen molar-refractivity contribution in [3.8, 4) is 0 Å². The molecule has 2 rings (SSSR count). The largest absolute Gasteiger partial charge is 0.354 e. The van der Waals surface area contributed by atoms with Crippen LogP contribution in [-0.2, 0) is 6.54 Å². The van der Waals surface area contributed by atoms with E-state index in [4.69, 9.17) is 11.6 Å². The van der Waals surface area contributed by atoms with Gasteiger partial charge in [0.05, 0.1) is 0 Å². The zero-order valence-corrected chi connectivity index (χ0v) is 13.5. The Labute approximate surface area is 134 Å². The lowest BCUT2D eigenvalue weighted by Crippen LogP contribution is -2.32. The number of carbonyl (C=O) groups excluding carboxylic acids is 1. The Hall–Kier alpha value is -2.07. The predicted octanol–water partition coefficient (Wildman–Crippen LogP) is 3.39. The molecule has 0 spiro atoms. The van der Waals surface area contributed by atoms with Gasteiger partial charge in [-0.2, -0.15) is 0 Å². The van der Waals surface area contributed by atoms with Crippen molar-refractivity contribution in [2.75, 3.05) is 6.54 Å². The topological polar surface area (TPSA) is 53.2 Å². The van der Waals surface area contributed by atoms with E-state index in [1.807, 2.05) is 25.1 Å². The molecule has 0 unspecified atom stereocenters. The second-order valence-electron chi connectivity index (χ2n) is 5.27. The zero-order chi connectivity index (χ0) is 16.1. The molecule has 0 aliphatic rings. The number of amides is 1. The molecule has 116 valence electrons. The highest BCUT2D eigenvalue weighted by Crippen LogP contribution is 2.14. The van der Waals surface area contributed by atoms with E-state index in [1.54, 1.807) is 17.9 Å². The SMILES string of the molecule is CCCN(Cc1cccc(Cl)c1)C(=O)c1cc(=O)cc(C)[nH]1. The molecule has 0 atom stereocenters. The lowest BCUT2D eigenvalue weighted by atomic mass is 10.2. The van der Waals surface area contributed by atoms with Crippen LogP contribution in [0.4, 0.5) is 0 Å². The van der Waals surface area contributed by atoms with E-state index in [2.05, 4.69) is 4.98 Å². The first-order valence-corrected chi connectivity index (χ1v) is 7.62. The van der Waals surface area contributed by atoms with Crippen LogP contribution in [0.3, 0.4) is 0 Å². The van der Waals surface area contributed by atoms with Crippen molar-refractivity contribution in [3.05, 3.63) is 68.6 Å². The monoisotopic (exact) mass is 318 g/mol. The zero-order valence-electron chi connectivity index (χ0n) is 12.7. The van der Waals surface area contributed by atoms with Gasteiger partial charge in [-0.1, -0.05) is 30.7 Å². The summed E-state index contributed by atoms with van der Waals surface area (Å²) in [7, 11) is 0. The maximum atomic E-state index is 12.7. The summed E-state index contributed by atoms with van der Waals surface area (Å²) in [6.45, 7) is 4.85. The van der Waals surface area contributed by atoms with Gasteiger partial charge in [0, 0.05) is 35.9 Å². The summed E-state index contributed by atoms with van der Waals surface area (Å²) in [5, 5.41) is 0.644. The predicted molar refractivity (Wildman–Crippen MR) is 88.3 cm³/mol. The smallest absolute Gasteiger partial charge is 0.270 e. The van der Waals surface area contributed by atoms with Gasteiger partial charge in [0.2, 0.25) is 0 Å². The number of benzene rings is 1. The minimum atomic E-state index is -0.178. The Kier molecular flexibility index (Phi) is 5.39. The van der Waals surface area contributed by atoms with Gasteiger partial charge >= 0.3 is 0 Å². The summed E-state index contributed by atoms with van der Waals surface area (Å²) in [4.78, 5) is 28.9. The molecule has 0 aliphatic heterocycles. The maximum Gasteiger partial charge on any atom is 0.270 e. The Morgan fingerprint density at radius 2 is 2.05 bits per heavy atom. The number of nitrogens with zero attached hydrogens (tertiary/aromatic N) is 1. The molecule has 22 heavy (non-hydrogen) atoms. The minimum absolute atomic E-state index is 0.168. The fraction of sp³-hybridized carbons (Fsp3) is 0.294. The average molecular weight is 319 g/mol. The van der Waals surface area contributed by atoms with E-state index < -0.39 is 0 Å². The first kappa shape index (κ1) is 16.3. The van der Waals surface area contributed by atoms with Gasteiger partial charge in [0.1, 0.15) is 5.69 Å². The van der Waals surface area contributed by atoms with Crippen LogP contribution in [0.25, 0.3) is 0 Å². The first-order chi connectivity index (χ1) is 10.5. The van der Waals surface area contributed by atoms with Crippen LogP contribution < -0.4 is 5.43 Å². The molecule has 0 aliphatic carbocycles. The van der Waals surface area contributed by atoms with Crippen molar-refractivity contribution in [1.29, 1.82) is 0 Å². The number of aromatic amines is 1. The van der Waals surface area contributed by atoms with Crippen LogP contribution in [0.1, 0.15) is 35.1 Å². The molecular weight excluding hydrogens is 300 g/mol. The number of aromatic nitrogens is 1. The Morgan fingerprint density at radius 1 is 1.27 bits per heavy atom. The molecule has 4 nitrogen and oxygen atoms in total. The third kappa shape index (κ3) is 4.21. The quantitative estimate of drug-likeness (QED) is 0.918. The first-order valence-electron chi connectivity index (χ1n) is 7.24. The van der Waals surface area contributed by atoms with E-state index in [9.17, 15) is 9.59 Å². The third-order valence-corrected chi connectivity index (χ3v) is 3.49. The number of H-pyrrole nitrogens is 1. The van der Waals surface area contributed by atoms with Crippen LogP contribution in [0, 0.1) is 6.92 Å². The van der Waals surface area contributed by atoms with Crippen LogP contribution in [-0.4, -0.2) is 22.3 Å². The fourth-order valence-corrected chi connectivity index (χ4v) is 2.56. The molecule has 0 saturated carbocycles. The number of hydrogen-bond donors (Lipinski definition) is 1. The summed E-state index contributed by atoms with van der Waals surface area (Å²) >= 11 is 5.99. The highest BCUT2D eigenvalue weighted by Gasteiger charge is 2.17. The van der Waals surface area contributed by atoms with Gasteiger partial charge < -0.3 is 9.88 Å². The van der Waals surface area contributed by atoms with Crippen LogP contribution in [0.5, 0.6) is 0 Å². The molecular formula is C17H19ClN2O2. The second kappa shape index (κ2) is 7.27. The van der Waals surface area contributed by atoms with E-state index in [0.717, 1.165) is 12.0 Å². The van der Waals surface area contributed by atoms with Crippen LogP contribution >= 0.6 is 11.6 Å². The Morgan fingerprint density at radius 3 is 2.68 bits per heavy atom. The number of rotatable bonds is 5. The normalized spacial score (nSPS) is 10.5. The molecule has 1 amide bonds. The molecule has 0 radical (unpaired) electrons. The van der Waals surface area contributed by atoms with Crippen molar-refractivity contribution >= 4 is 17.5 Å². The van der Waals surface area contributed by atoms with Crippen molar-refractivity contribution in [2.45, 2.75) is 26.8 Å². The van der Waals surface area contributed by atoms with Crippen molar-refractivity contribution in [1.82, 2.24) is 9.88 Å². The molecule has 0 fully saturated rings. The fourth-order valence-electron chi connectivity index (χ4n) is 2.35. The van der Waals surface area contributed by atoms with Crippen molar-refractivity contribution in [3.63, 3.8) is 0 Å². The van der Waals surface area contributed by atoms with Gasteiger partial charge in [0.15, 0.2) is 5.43 Å². The van der Waals surface area contributed by atoms with Crippen molar-refractivity contribution < 1.29 is 4.79 Å². The molecule has 5 heteroatoms. The van der Waals surface area contributed by atoms with E-state index >= 15 is 0 Å². The molecule has 1 N–H and O–H groups in total. The highest BCUT2D eigenvalue weighted by molar-refractivity contribution is 6.30. The van der Waals surface area contributed by atoms with E-state index in [-0.39, 0.29) is 11.3 Å². The third-order valence-electron chi connectivity index (χ3n) is 3.25. The number of aryl methyl sites for hydroxylation is 1. The second-order valence-corrected chi connectivity index (χ2v) is 5.71.